The topological polar surface area (TPSA) is 59.8 Å². The number of thiazole rings is 1. The Morgan fingerprint density at radius 3 is 3.22 bits per heavy atom. The van der Waals surface area contributed by atoms with Crippen molar-refractivity contribution in [3.05, 3.63) is 46.5 Å². The Balaban J connectivity index is 1.35. The molecule has 3 aromatic heterocycles. The normalized spacial score (nSPS) is 17.0. The number of aryl methyl sites for hydroxylation is 1. The van der Waals surface area contributed by atoms with E-state index in [9.17, 15) is 4.79 Å². The molecule has 1 atom stereocenters. The zero-order valence-electron chi connectivity index (χ0n) is 12.4. The molecule has 0 saturated carbocycles. The van der Waals surface area contributed by atoms with Gasteiger partial charge in [0.15, 0.2) is 0 Å². The number of nitrogens with zero attached hydrogens (tertiary/aromatic N) is 3. The molecule has 0 fully saturated rings. The van der Waals surface area contributed by atoms with Crippen molar-refractivity contribution in [2.75, 3.05) is 0 Å². The zero-order valence-corrected chi connectivity index (χ0v) is 14.1. The molecule has 1 unspecified atom stereocenters. The van der Waals surface area contributed by atoms with Gasteiger partial charge in [-0.15, -0.1) is 22.7 Å². The van der Waals surface area contributed by atoms with E-state index in [2.05, 4.69) is 21.5 Å². The molecular formula is C16H16N4OS2. The van der Waals surface area contributed by atoms with Gasteiger partial charge in [-0.1, -0.05) is 6.07 Å². The van der Waals surface area contributed by atoms with E-state index in [1.165, 1.54) is 4.88 Å². The van der Waals surface area contributed by atoms with E-state index < -0.39 is 0 Å². The van der Waals surface area contributed by atoms with E-state index in [-0.39, 0.29) is 11.8 Å². The maximum absolute atomic E-state index is 12.4. The lowest BCUT2D eigenvalue weighted by atomic mass is 9.95. The number of nitrogens with one attached hydrogen (secondary N) is 1. The van der Waals surface area contributed by atoms with E-state index in [4.69, 9.17) is 0 Å². The van der Waals surface area contributed by atoms with Crippen LogP contribution in [0.1, 0.15) is 17.8 Å². The molecule has 0 spiro atoms. The largest absolute Gasteiger partial charge is 0.350 e. The van der Waals surface area contributed by atoms with Crippen LogP contribution in [0.4, 0.5) is 0 Å². The molecule has 0 saturated heterocycles. The van der Waals surface area contributed by atoms with Gasteiger partial charge in [0.25, 0.3) is 0 Å². The Bertz CT molecular complexity index is 806. The van der Waals surface area contributed by atoms with Crippen molar-refractivity contribution in [1.29, 1.82) is 0 Å². The predicted molar refractivity (Wildman–Crippen MR) is 91.3 cm³/mol. The molecule has 0 radical (unpaired) electrons. The Labute approximate surface area is 142 Å². The first-order valence-electron chi connectivity index (χ1n) is 7.56. The van der Waals surface area contributed by atoms with Gasteiger partial charge in [-0.3, -0.25) is 9.48 Å². The van der Waals surface area contributed by atoms with Gasteiger partial charge in [0.1, 0.15) is 5.01 Å². The highest BCUT2D eigenvalue weighted by molar-refractivity contribution is 7.20. The number of carbonyl (C=O) groups excluding carboxylic acids is 1. The molecule has 1 aliphatic rings. The van der Waals surface area contributed by atoms with Crippen molar-refractivity contribution < 1.29 is 4.79 Å². The van der Waals surface area contributed by atoms with Crippen molar-refractivity contribution in [1.82, 2.24) is 20.1 Å². The number of amides is 1. The van der Waals surface area contributed by atoms with E-state index in [0.29, 0.717) is 6.54 Å². The van der Waals surface area contributed by atoms with Crippen LogP contribution in [0.3, 0.4) is 0 Å². The summed E-state index contributed by atoms with van der Waals surface area (Å²) in [5.74, 6) is 0.151. The third kappa shape index (κ3) is 3.07. The standard InChI is InChI=1S/C16H16N4OS2/c21-15(11-4-6-20-13(8-11)3-5-18-20)17-9-12-10-23-16(19-12)14-2-1-7-22-14/h1-3,5,7,10-11H,4,6,8-9H2,(H,17,21). The number of fused-ring (bicyclic) bond motifs is 1. The summed E-state index contributed by atoms with van der Waals surface area (Å²) in [5, 5.41) is 12.4. The van der Waals surface area contributed by atoms with E-state index in [1.807, 2.05) is 27.6 Å². The maximum Gasteiger partial charge on any atom is 0.223 e. The lowest BCUT2D eigenvalue weighted by molar-refractivity contribution is -0.125. The Hall–Kier alpha value is -1.99. The van der Waals surface area contributed by atoms with Crippen LogP contribution in [-0.4, -0.2) is 20.7 Å². The number of carbonyl (C=O) groups is 1. The van der Waals surface area contributed by atoms with Crippen LogP contribution < -0.4 is 5.32 Å². The van der Waals surface area contributed by atoms with Crippen molar-refractivity contribution in [2.24, 2.45) is 5.92 Å². The fraction of sp³-hybridized carbons (Fsp3) is 0.312. The van der Waals surface area contributed by atoms with Gasteiger partial charge in [0.05, 0.1) is 17.1 Å². The van der Waals surface area contributed by atoms with Crippen LogP contribution in [0.2, 0.25) is 0 Å². The van der Waals surface area contributed by atoms with Crippen molar-refractivity contribution >= 4 is 28.6 Å². The number of aromatic nitrogens is 3. The maximum atomic E-state index is 12.4. The molecule has 23 heavy (non-hydrogen) atoms. The minimum atomic E-state index is 0.0367. The number of hydrogen-bond donors (Lipinski definition) is 1. The molecule has 0 aromatic carbocycles. The van der Waals surface area contributed by atoms with Crippen molar-refractivity contribution in [3.63, 3.8) is 0 Å². The molecule has 3 aromatic rings. The highest BCUT2D eigenvalue weighted by atomic mass is 32.1. The molecule has 4 rings (SSSR count). The second-order valence-corrected chi connectivity index (χ2v) is 7.38. The molecule has 118 valence electrons. The van der Waals surface area contributed by atoms with Crippen LogP contribution in [0.5, 0.6) is 0 Å². The third-order valence-electron chi connectivity index (χ3n) is 4.05. The van der Waals surface area contributed by atoms with Crippen molar-refractivity contribution in [2.45, 2.75) is 25.9 Å². The van der Waals surface area contributed by atoms with Gasteiger partial charge < -0.3 is 5.32 Å². The summed E-state index contributed by atoms with van der Waals surface area (Å²) in [6, 6.07) is 6.08. The average Bonchev–Trinajstić information content (AvgIpc) is 3.32. The van der Waals surface area contributed by atoms with E-state index in [1.54, 1.807) is 28.9 Å². The van der Waals surface area contributed by atoms with Crippen LogP contribution >= 0.6 is 22.7 Å². The minimum absolute atomic E-state index is 0.0367. The number of hydrogen-bond acceptors (Lipinski definition) is 5. The van der Waals surface area contributed by atoms with Gasteiger partial charge in [0, 0.05) is 36.2 Å². The van der Waals surface area contributed by atoms with Gasteiger partial charge in [-0.25, -0.2) is 4.98 Å². The van der Waals surface area contributed by atoms with Crippen LogP contribution in [0.15, 0.2) is 35.2 Å². The predicted octanol–water partition coefficient (Wildman–Crippen LogP) is 2.95. The second kappa shape index (κ2) is 6.25. The lowest BCUT2D eigenvalue weighted by Gasteiger charge is -2.22. The van der Waals surface area contributed by atoms with Gasteiger partial charge in [-0.2, -0.15) is 5.10 Å². The molecule has 4 heterocycles. The summed E-state index contributed by atoms with van der Waals surface area (Å²) >= 11 is 3.31. The first-order chi connectivity index (χ1) is 11.3. The quantitative estimate of drug-likeness (QED) is 0.791. The monoisotopic (exact) mass is 344 g/mol. The summed E-state index contributed by atoms with van der Waals surface area (Å²) in [6.45, 7) is 1.32. The zero-order chi connectivity index (χ0) is 15.6. The number of thiophene rings is 1. The summed E-state index contributed by atoms with van der Waals surface area (Å²) in [7, 11) is 0. The lowest BCUT2D eigenvalue weighted by Crippen LogP contribution is -2.35. The van der Waals surface area contributed by atoms with Crippen molar-refractivity contribution in [3.8, 4) is 9.88 Å². The highest BCUT2D eigenvalue weighted by Crippen LogP contribution is 2.27. The fourth-order valence-corrected chi connectivity index (χ4v) is 4.45. The molecule has 1 amide bonds. The highest BCUT2D eigenvalue weighted by Gasteiger charge is 2.24. The van der Waals surface area contributed by atoms with Crippen LogP contribution in [0, 0.1) is 5.92 Å². The molecule has 1 aliphatic heterocycles. The molecule has 0 bridgehead atoms. The molecule has 0 aliphatic carbocycles. The minimum Gasteiger partial charge on any atom is -0.350 e. The fourth-order valence-electron chi connectivity index (χ4n) is 2.81. The van der Waals surface area contributed by atoms with Crippen LogP contribution in [-0.2, 0) is 24.3 Å². The third-order valence-corrected chi connectivity index (χ3v) is 5.98. The SMILES string of the molecule is O=C(NCc1csc(-c2cccs2)n1)C1CCn2nccc2C1. The summed E-state index contributed by atoms with van der Waals surface area (Å²) in [4.78, 5) is 18.1. The molecular weight excluding hydrogens is 328 g/mol. The summed E-state index contributed by atoms with van der Waals surface area (Å²) in [5.41, 5.74) is 2.07. The smallest absolute Gasteiger partial charge is 0.223 e. The Kier molecular flexibility index (Phi) is 3.97. The molecule has 5 nitrogen and oxygen atoms in total. The van der Waals surface area contributed by atoms with Gasteiger partial charge >= 0.3 is 0 Å². The van der Waals surface area contributed by atoms with Gasteiger partial charge in [0.2, 0.25) is 5.91 Å². The Morgan fingerprint density at radius 2 is 2.35 bits per heavy atom. The van der Waals surface area contributed by atoms with Crippen LogP contribution in [0.25, 0.3) is 9.88 Å². The molecule has 7 heteroatoms. The average molecular weight is 344 g/mol. The second-order valence-electron chi connectivity index (χ2n) is 5.57. The first-order valence-corrected chi connectivity index (χ1v) is 9.32. The number of rotatable bonds is 4. The van der Waals surface area contributed by atoms with Gasteiger partial charge in [-0.05, 0) is 23.9 Å². The first kappa shape index (κ1) is 14.6. The molecule has 1 N–H and O–H groups in total. The summed E-state index contributed by atoms with van der Waals surface area (Å²) in [6.07, 6.45) is 3.42. The van der Waals surface area contributed by atoms with E-state index >= 15 is 0 Å². The summed E-state index contributed by atoms with van der Waals surface area (Å²) < 4.78 is 1.98. The Morgan fingerprint density at radius 1 is 1.39 bits per heavy atom. The van der Waals surface area contributed by atoms with E-state index in [0.717, 1.165) is 35.8 Å².